The first-order valence-corrected chi connectivity index (χ1v) is 6.97. The molecule has 0 aliphatic rings. The molecule has 0 aromatic heterocycles. The lowest BCUT2D eigenvalue weighted by molar-refractivity contribution is 0.0936. The molecule has 2 aromatic carbocycles. The molecule has 1 unspecified atom stereocenters. The molecule has 6 heteroatoms. The highest BCUT2D eigenvalue weighted by molar-refractivity contribution is 5.97. The third-order valence-corrected chi connectivity index (χ3v) is 3.45. The number of methoxy groups -OCH3 is 2. The Bertz CT molecular complexity index is 718. The van der Waals surface area contributed by atoms with Crippen LogP contribution in [0.5, 0.6) is 17.2 Å². The standard InChI is InChI=1S/C17H18FNO4/c1-10(13-8-11(18)4-7-16(13)23-3)19-17(21)14-9-12(22-2)5-6-15(14)20/h4-10,20H,1-3H3,(H,19,21). The minimum atomic E-state index is -0.515. The first-order valence-electron chi connectivity index (χ1n) is 6.97. The number of ether oxygens (including phenoxy) is 2. The number of halogens is 1. The van der Waals surface area contributed by atoms with Crippen LogP contribution in [0, 0.1) is 5.82 Å². The molecule has 122 valence electrons. The maximum Gasteiger partial charge on any atom is 0.255 e. The van der Waals surface area contributed by atoms with Gasteiger partial charge in [-0.1, -0.05) is 0 Å². The summed E-state index contributed by atoms with van der Waals surface area (Å²) in [4.78, 5) is 12.3. The van der Waals surface area contributed by atoms with Crippen molar-refractivity contribution in [1.29, 1.82) is 0 Å². The van der Waals surface area contributed by atoms with Gasteiger partial charge in [0, 0.05) is 5.56 Å². The maximum atomic E-state index is 13.4. The molecular formula is C17H18FNO4. The van der Waals surface area contributed by atoms with Crippen molar-refractivity contribution >= 4 is 5.91 Å². The molecule has 1 amide bonds. The summed E-state index contributed by atoms with van der Waals surface area (Å²) < 4.78 is 23.7. The predicted octanol–water partition coefficient (Wildman–Crippen LogP) is 3.04. The highest BCUT2D eigenvalue weighted by Crippen LogP contribution is 2.27. The second kappa shape index (κ2) is 7.00. The number of carbonyl (C=O) groups is 1. The zero-order valence-corrected chi connectivity index (χ0v) is 13.1. The normalized spacial score (nSPS) is 11.7. The van der Waals surface area contributed by atoms with Gasteiger partial charge in [0.15, 0.2) is 0 Å². The number of carbonyl (C=O) groups excluding carboxylic acids is 1. The van der Waals surface area contributed by atoms with Crippen LogP contribution in [0.25, 0.3) is 0 Å². The third kappa shape index (κ3) is 3.71. The van der Waals surface area contributed by atoms with Crippen molar-refractivity contribution in [2.24, 2.45) is 0 Å². The van der Waals surface area contributed by atoms with E-state index in [1.54, 1.807) is 13.0 Å². The molecule has 23 heavy (non-hydrogen) atoms. The number of amides is 1. The molecule has 0 aliphatic carbocycles. The Morgan fingerprint density at radius 3 is 2.57 bits per heavy atom. The largest absolute Gasteiger partial charge is 0.507 e. The average molecular weight is 319 g/mol. The third-order valence-electron chi connectivity index (χ3n) is 3.45. The number of rotatable bonds is 5. The van der Waals surface area contributed by atoms with E-state index in [1.165, 1.54) is 44.6 Å². The summed E-state index contributed by atoms with van der Waals surface area (Å²) in [5.41, 5.74) is 0.579. The van der Waals surface area contributed by atoms with Crippen LogP contribution in [0.2, 0.25) is 0 Å². The molecule has 0 spiro atoms. The Morgan fingerprint density at radius 2 is 1.91 bits per heavy atom. The number of hydrogen-bond acceptors (Lipinski definition) is 4. The van der Waals surface area contributed by atoms with Crippen molar-refractivity contribution in [3.05, 3.63) is 53.3 Å². The van der Waals surface area contributed by atoms with Gasteiger partial charge in [0.25, 0.3) is 5.91 Å². The second-order valence-electron chi connectivity index (χ2n) is 4.96. The number of phenolic OH excluding ortho intramolecular Hbond substituents is 1. The Labute approximate surface area is 133 Å². The van der Waals surface area contributed by atoms with Gasteiger partial charge in [-0.3, -0.25) is 4.79 Å². The topological polar surface area (TPSA) is 67.8 Å². The van der Waals surface area contributed by atoms with Crippen LogP contribution in [0.1, 0.15) is 28.9 Å². The second-order valence-corrected chi connectivity index (χ2v) is 4.96. The smallest absolute Gasteiger partial charge is 0.255 e. The molecule has 0 heterocycles. The molecule has 0 fully saturated rings. The molecule has 0 saturated heterocycles. The minimum absolute atomic E-state index is 0.0755. The number of aromatic hydroxyl groups is 1. The van der Waals surface area contributed by atoms with Crippen molar-refractivity contribution in [2.75, 3.05) is 14.2 Å². The fourth-order valence-electron chi connectivity index (χ4n) is 2.22. The molecule has 1 atom stereocenters. The minimum Gasteiger partial charge on any atom is -0.507 e. The van der Waals surface area contributed by atoms with Crippen LogP contribution in [-0.2, 0) is 0 Å². The SMILES string of the molecule is COc1ccc(O)c(C(=O)NC(C)c2cc(F)ccc2OC)c1. The lowest BCUT2D eigenvalue weighted by Gasteiger charge is -2.18. The fourth-order valence-corrected chi connectivity index (χ4v) is 2.22. The molecule has 0 aliphatic heterocycles. The fraction of sp³-hybridized carbons (Fsp3) is 0.235. The Kier molecular flexibility index (Phi) is 5.05. The summed E-state index contributed by atoms with van der Waals surface area (Å²) in [5.74, 6) is -0.175. The molecule has 0 saturated carbocycles. The highest BCUT2D eigenvalue weighted by Gasteiger charge is 2.18. The van der Waals surface area contributed by atoms with Crippen molar-refractivity contribution in [1.82, 2.24) is 5.32 Å². The van der Waals surface area contributed by atoms with Gasteiger partial charge >= 0.3 is 0 Å². The zero-order valence-electron chi connectivity index (χ0n) is 13.1. The Morgan fingerprint density at radius 1 is 1.17 bits per heavy atom. The van der Waals surface area contributed by atoms with Crippen LogP contribution >= 0.6 is 0 Å². The van der Waals surface area contributed by atoms with E-state index in [1.807, 2.05) is 0 Å². The Hall–Kier alpha value is -2.76. The molecule has 5 nitrogen and oxygen atoms in total. The van der Waals surface area contributed by atoms with E-state index in [0.717, 1.165) is 0 Å². The van der Waals surface area contributed by atoms with Crippen LogP contribution < -0.4 is 14.8 Å². The highest BCUT2D eigenvalue weighted by atomic mass is 19.1. The first-order chi connectivity index (χ1) is 11.0. The summed E-state index contributed by atoms with van der Waals surface area (Å²) in [6, 6.07) is 7.92. The van der Waals surface area contributed by atoms with Gasteiger partial charge in [0.1, 0.15) is 23.1 Å². The molecule has 2 N–H and O–H groups in total. The van der Waals surface area contributed by atoms with Crippen LogP contribution in [0.3, 0.4) is 0 Å². The van der Waals surface area contributed by atoms with Crippen LogP contribution in [-0.4, -0.2) is 25.2 Å². The summed E-state index contributed by atoms with van der Waals surface area (Å²) in [6.45, 7) is 1.70. The lowest BCUT2D eigenvalue weighted by Crippen LogP contribution is -2.27. The quantitative estimate of drug-likeness (QED) is 0.889. The van der Waals surface area contributed by atoms with Crippen molar-refractivity contribution < 1.29 is 23.8 Å². The monoisotopic (exact) mass is 319 g/mol. The van der Waals surface area contributed by atoms with Gasteiger partial charge in [-0.2, -0.15) is 0 Å². The number of phenols is 1. The van der Waals surface area contributed by atoms with Crippen molar-refractivity contribution in [3.63, 3.8) is 0 Å². The number of hydrogen-bond donors (Lipinski definition) is 2. The van der Waals surface area contributed by atoms with Crippen molar-refractivity contribution in [3.8, 4) is 17.2 Å². The number of nitrogens with one attached hydrogen (secondary N) is 1. The van der Waals surface area contributed by atoms with E-state index in [0.29, 0.717) is 17.1 Å². The predicted molar refractivity (Wildman–Crippen MR) is 83.5 cm³/mol. The zero-order chi connectivity index (χ0) is 17.0. The van der Waals surface area contributed by atoms with E-state index < -0.39 is 17.8 Å². The van der Waals surface area contributed by atoms with E-state index in [9.17, 15) is 14.3 Å². The summed E-state index contributed by atoms with van der Waals surface area (Å²) in [5, 5.41) is 12.5. The van der Waals surface area contributed by atoms with E-state index in [4.69, 9.17) is 9.47 Å². The summed E-state index contributed by atoms with van der Waals surface area (Å²) in [6.07, 6.45) is 0. The maximum absolute atomic E-state index is 13.4. The average Bonchev–Trinajstić information content (AvgIpc) is 2.55. The van der Waals surface area contributed by atoms with Crippen molar-refractivity contribution in [2.45, 2.75) is 13.0 Å². The van der Waals surface area contributed by atoms with E-state index in [-0.39, 0.29) is 11.3 Å². The van der Waals surface area contributed by atoms with Crippen LogP contribution in [0.15, 0.2) is 36.4 Å². The number of benzene rings is 2. The van der Waals surface area contributed by atoms with Gasteiger partial charge in [0.05, 0.1) is 25.8 Å². The lowest BCUT2D eigenvalue weighted by atomic mass is 10.1. The Balaban J connectivity index is 2.25. The first kappa shape index (κ1) is 16.6. The molecule has 0 radical (unpaired) electrons. The van der Waals surface area contributed by atoms with Gasteiger partial charge < -0.3 is 19.9 Å². The molecule has 2 rings (SSSR count). The van der Waals surface area contributed by atoms with Crippen LogP contribution in [0.4, 0.5) is 4.39 Å². The summed E-state index contributed by atoms with van der Waals surface area (Å²) in [7, 11) is 2.94. The summed E-state index contributed by atoms with van der Waals surface area (Å²) >= 11 is 0. The van der Waals surface area contributed by atoms with Gasteiger partial charge in [0.2, 0.25) is 0 Å². The van der Waals surface area contributed by atoms with Gasteiger partial charge in [-0.05, 0) is 43.3 Å². The van der Waals surface area contributed by atoms with E-state index >= 15 is 0 Å². The molecular weight excluding hydrogens is 301 g/mol. The molecule has 2 aromatic rings. The van der Waals surface area contributed by atoms with E-state index in [2.05, 4.69) is 5.32 Å². The van der Waals surface area contributed by atoms with Gasteiger partial charge in [-0.15, -0.1) is 0 Å². The molecule has 0 bridgehead atoms. The van der Waals surface area contributed by atoms with Gasteiger partial charge in [-0.25, -0.2) is 4.39 Å².